The smallest absolute Gasteiger partial charge is 0.0774 e. The molecule has 2 rings (SSSR count). The molecule has 1 aromatic rings. The van der Waals surface area contributed by atoms with Gasteiger partial charge in [0.15, 0.2) is 0 Å². The summed E-state index contributed by atoms with van der Waals surface area (Å²) in [5.74, 6) is 0.712. The van der Waals surface area contributed by atoms with Gasteiger partial charge < -0.3 is 10.1 Å². The Morgan fingerprint density at radius 2 is 1.90 bits per heavy atom. The van der Waals surface area contributed by atoms with Crippen molar-refractivity contribution in [3.05, 3.63) is 35.4 Å². The first kappa shape index (κ1) is 15.5. The summed E-state index contributed by atoms with van der Waals surface area (Å²) in [6.07, 6.45) is 4.22. The molecule has 0 bridgehead atoms. The summed E-state index contributed by atoms with van der Waals surface area (Å²) < 4.78 is 6.06. The highest BCUT2D eigenvalue weighted by atomic mass is 16.5. The molecule has 1 N–H and O–H groups in total. The molecule has 112 valence electrons. The molecular formula is C18H29NO. The van der Waals surface area contributed by atoms with Crippen molar-refractivity contribution >= 4 is 0 Å². The van der Waals surface area contributed by atoms with Crippen LogP contribution in [0.5, 0.6) is 0 Å². The van der Waals surface area contributed by atoms with Gasteiger partial charge in [0.25, 0.3) is 0 Å². The summed E-state index contributed by atoms with van der Waals surface area (Å²) in [5, 5.41) is 3.60. The Kier molecular flexibility index (Phi) is 5.62. The summed E-state index contributed by atoms with van der Waals surface area (Å²) in [4.78, 5) is 0. The van der Waals surface area contributed by atoms with E-state index in [9.17, 15) is 0 Å². The molecule has 0 aromatic heterocycles. The van der Waals surface area contributed by atoms with Gasteiger partial charge in [-0.3, -0.25) is 0 Å². The van der Waals surface area contributed by atoms with Crippen molar-refractivity contribution in [1.29, 1.82) is 0 Å². The molecule has 2 nitrogen and oxygen atoms in total. The van der Waals surface area contributed by atoms with Crippen LogP contribution in [-0.4, -0.2) is 18.8 Å². The van der Waals surface area contributed by atoms with Crippen molar-refractivity contribution in [1.82, 2.24) is 5.32 Å². The maximum Gasteiger partial charge on any atom is 0.0774 e. The molecule has 1 saturated heterocycles. The normalized spacial score (nSPS) is 24.2. The lowest BCUT2D eigenvalue weighted by Gasteiger charge is -2.25. The molecule has 3 unspecified atom stereocenters. The zero-order valence-electron chi connectivity index (χ0n) is 13.4. The van der Waals surface area contributed by atoms with Crippen LogP contribution >= 0.6 is 0 Å². The molecule has 1 aliphatic rings. The SMILES string of the molecule is CCNC(c1ccc(CC(C)C)cc1)C1CCC(C)O1. The van der Waals surface area contributed by atoms with Crippen LogP contribution in [0.3, 0.4) is 0 Å². The first-order chi connectivity index (χ1) is 9.60. The van der Waals surface area contributed by atoms with E-state index in [0.717, 1.165) is 19.4 Å². The van der Waals surface area contributed by atoms with Crippen LogP contribution in [0.15, 0.2) is 24.3 Å². The van der Waals surface area contributed by atoms with E-state index in [-0.39, 0.29) is 0 Å². The van der Waals surface area contributed by atoms with E-state index in [1.807, 2.05) is 0 Å². The molecule has 1 fully saturated rings. The van der Waals surface area contributed by atoms with E-state index in [1.54, 1.807) is 0 Å². The van der Waals surface area contributed by atoms with Gasteiger partial charge in [-0.25, -0.2) is 0 Å². The third kappa shape index (κ3) is 4.07. The van der Waals surface area contributed by atoms with E-state index >= 15 is 0 Å². The Hall–Kier alpha value is -0.860. The van der Waals surface area contributed by atoms with E-state index in [4.69, 9.17) is 4.74 Å². The minimum absolute atomic E-state index is 0.320. The van der Waals surface area contributed by atoms with Gasteiger partial charge >= 0.3 is 0 Å². The van der Waals surface area contributed by atoms with Crippen molar-refractivity contribution in [3.63, 3.8) is 0 Å². The highest BCUT2D eigenvalue weighted by molar-refractivity contribution is 5.26. The Bertz CT molecular complexity index is 398. The number of ether oxygens (including phenoxy) is 1. The molecule has 2 heteroatoms. The van der Waals surface area contributed by atoms with Gasteiger partial charge in [-0.1, -0.05) is 45.0 Å². The standard InChI is InChI=1S/C18H29NO/c1-5-19-18(17-11-6-14(4)20-17)16-9-7-15(8-10-16)12-13(2)3/h7-10,13-14,17-19H,5-6,11-12H2,1-4H3. The van der Waals surface area contributed by atoms with E-state index in [0.29, 0.717) is 24.2 Å². The number of rotatable bonds is 6. The Balaban J connectivity index is 2.08. The number of hydrogen-bond donors (Lipinski definition) is 1. The second-order valence-corrected chi connectivity index (χ2v) is 6.44. The Morgan fingerprint density at radius 3 is 2.40 bits per heavy atom. The molecule has 0 aliphatic carbocycles. The van der Waals surface area contributed by atoms with Crippen LogP contribution in [0.2, 0.25) is 0 Å². The molecule has 1 aliphatic heterocycles. The zero-order chi connectivity index (χ0) is 14.5. The predicted octanol–water partition coefficient (Wildman–Crippen LogP) is 4.10. The van der Waals surface area contributed by atoms with Crippen LogP contribution < -0.4 is 5.32 Å². The fraction of sp³-hybridized carbons (Fsp3) is 0.667. The van der Waals surface area contributed by atoms with Gasteiger partial charge in [0.2, 0.25) is 0 Å². The Labute approximate surface area is 123 Å². The van der Waals surface area contributed by atoms with E-state index in [1.165, 1.54) is 17.5 Å². The molecule has 1 heterocycles. The molecule has 0 saturated carbocycles. The van der Waals surface area contributed by atoms with E-state index in [2.05, 4.69) is 57.3 Å². The summed E-state index contributed by atoms with van der Waals surface area (Å²) in [6.45, 7) is 9.85. The summed E-state index contributed by atoms with van der Waals surface area (Å²) in [5.41, 5.74) is 2.79. The fourth-order valence-electron chi connectivity index (χ4n) is 3.10. The van der Waals surface area contributed by atoms with Crippen molar-refractivity contribution in [2.45, 2.75) is 65.2 Å². The predicted molar refractivity (Wildman–Crippen MR) is 85.0 cm³/mol. The zero-order valence-corrected chi connectivity index (χ0v) is 13.4. The molecular weight excluding hydrogens is 246 g/mol. The third-order valence-corrected chi connectivity index (χ3v) is 4.04. The largest absolute Gasteiger partial charge is 0.373 e. The number of likely N-dealkylation sites (N-methyl/N-ethyl adjacent to an activating group) is 1. The minimum atomic E-state index is 0.320. The highest BCUT2D eigenvalue weighted by Crippen LogP contribution is 2.30. The van der Waals surface area contributed by atoms with Crippen molar-refractivity contribution in [2.24, 2.45) is 5.92 Å². The maximum absolute atomic E-state index is 6.06. The molecule has 3 atom stereocenters. The number of benzene rings is 1. The second-order valence-electron chi connectivity index (χ2n) is 6.44. The van der Waals surface area contributed by atoms with Gasteiger partial charge in [0.1, 0.15) is 0 Å². The van der Waals surface area contributed by atoms with E-state index < -0.39 is 0 Å². The van der Waals surface area contributed by atoms with Crippen LogP contribution in [0.4, 0.5) is 0 Å². The molecule has 0 spiro atoms. The van der Waals surface area contributed by atoms with Crippen LogP contribution in [-0.2, 0) is 11.2 Å². The van der Waals surface area contributed by atoms with Gasteiger partial charge in [-0.15, -0.1) is 0 Å². The highest BCUT2D eigenvalue weighted by Gasteiger charge is 2.30. The Morgan fingerprint density at radius 1 is 1.20 bits per heavy atom. The van der Waals surface area contributed by atoms with Gasteiger partial charge in [-0.2, -0.15) is 0 Å². The summed E-state index contributed by atoms with van der Waals surface area (Å²) >= 11 is 0. The monoisotopic (exact) mass is 275 g/mol. The average Bonchev–Trinajstić information content (AvgIpc) is 2.83. The number of hydrogen-bond acceptors (Lipinski definition) is 2. The lowest BCUT2D eigenvalue weighted by atomic mass is 9.96. The lowest BCUT2D eigenvalue weighted by molar-refractivity contribution is 0.0319. The number of nitrogens with one attached hydrogen (secondary N) is 1. The first-order valence-electron chi connectivity index (χ1n) is 8.07. The van der Waals surface area contributed by atoms with Crippen LogP contribution in [0.25, 0.3) is 0 Å². The molecule has 1 aromatic carbocycles. The first-order valence-corrected chi connectivity index (χ1v) is 8.07. The fourth-order valence-corrected chi connectivity index (χ4v) is 3.10. The van der Waals surface area contributed by atoms with Crippen molar-refractivity contribution < 1.29 is 4.74 Å². The van der Waals surface area contributed by atoms with Gasteiger partial charge in [0, 0.05) is 0 Å². The topological polar surface area (TPSA) is 21.3 Å². The second kappa shape index (κ2) is 7.24. The molecule has 0 amide bonds. The average molecular weight is 275 g/mol. The lowest BCUT2D eigenvalue weighted by Crippen LogP contribution is -2.32. The minimum Gasteiger partial charge on any atom is -0.373 e. The maximum atomic E-state index is 6.06. The molecule has 20 heavy (non-hydrogen) atoms. The molecule has 0 radical (unpaired) electrons. The summed E-state index contributed by atoms with van der Waals surface area (Å²) in [6, 6.07) is 9.43. The quantitative estimate of drug-likeness (QED) is 0.844. The van der Waals surface area contributed by atoms with Crippen LogP contribution in [0, 0.1) is 5.92 Å². The third-order valence-electron chi connectivity index (χ3n) is 4.04. The van der Waals surface area contributed by atoms with Crippen molar-refractivity contribution in [2.75, 3.05) is 6.54 Å². The van der Waals surface area contributed by atoms with Crippen molar-refractivity contribution in [3.8, 4) is 0 Å². The van der Waals surface area contributed by atoms with Gasteiger partial charge in [0.05, 0.1) is 18.2 Å². The van der Waals surface area contributed by atoms with Crippen LogP contribution in [0.1, 0.15) is 57.7 Å². The van der Waals surface area contributed by atoms with Gasteiger partial charge in [-0.05, 0) is 49.8 Å². The summed E-state index contributed by atoms with van der Waals surface area (Å²) in [7, 11) is 0.